The van der Waals surface area contributed by atoms with E-state index < -0.39 is 10.0 Å². The van der Waals surface area contributed by atoms with Gasteiger partial charge in [-0.1, -0.05) is 29.8 Å². The Morgan fingerprint density at radius 2 is 1.58 bits per heavy atom. The van der Waals surface area contributed by atoms with E-state index in [-0.39, 0.29) is 31.3 Å². The third-order valence-electron chi connectivity index (χ3n) is 4.60. The number of hydrogen-bond acceptors (Lipinski definition) is 4. The predicted molar refractivity (Wildman–Crippen MR) is 99.9 cm³/mol. The molecule has 1 aromatic carbocycles. The quantitative estimate of drug-likeness (QED) is 0.731. The second kappa shape index (κ2) is 8.64. The number of sulfonamides is 1. The van der Waals surface area contributed by atoms with Crippen molar-refractivity contribution in [2.75, 3.05) is 39.0 Å². The van der Waals surface area contributed by atoms with Crippen molar-refractivity contribution in [3.8, 4) is 0 Å². The molecule has 1 aliphatic rings. The van der Waals surface area contributed by atoms with Crippen LogP contribution >= 0.6 is 0 Å². The Kier molecular flexibility index (Phi) is 6.77. The van der Waals surface area contributed by atoms with Gasteiger partial charge >= 0.3 is 0 Å². The molecular weight excluding hydrogens is 354 g/mol. The molecule has 1 aliphatic heterocycles. The summed E-state index contributed by atoms with van der Waals surface area (Å²) in [5, 5.41) is 0. The summed E-state index contributed by atoms with van der Waals surface area (Å²) in [4.78, 5) is 27.2. The van der Waals surface area contributed by atoms with Crippen LogP contribution in [-0.2, 0) is 26.2 Å². The summed E-state index contributed by atoms with van der Waals surface area (Å²) in [7, 11) is -3.41. The summed E-state index contributed by atoms with van der Waals surface area (Å²) >= 11 is 0. The molecule has 0 bridgehead atoms. The summed E-state index contributed by atoms with van der Waals surface area (Å²) in [5.74, 6) is -0.0655. The minimum atomic E-state index is -3.41. The van der Waals surface area contributed by atoms with Crippen LogP contribution in [0.1, 0.15) is 24.5 Å². The zero-order chi connectivity index (χ0) is 19.3. The van der Waals surface area contributed by atoms with E-state index in [0.29, 0.717) is 26.2 Å². The SMILES string of the molecule is CC(=O)N1CCN(C(=O)CCN(Cc2ccc(C)cc2)S(C)(=O)=O)CC1. The van der Waals surface area contributed by atoms with Gasteiger partial charge in [0.15, 0.2) is 0 Å². The molecule has 0 unspecified atom stereocenters. The number of carbonyl (C=O) groups is 2. The highest BCUT2D eigenvalue weighted by molar-refractivity contribution is 7.88. The molecule has 0 aliphatic carbocycles. The Bertz CT molecular complexity index is 738. The topological polar surface area (TPSA) is 78.0 Å². The van der Waals surface area contributed by atoms with Crippen LogP contribution in [0.15, 0.2) is 24.3 Å². The van der Waals surface area contributed by atoms with Crippen LogP contribution in [0.3, 0.4) is 0 Å². The molecule has 1 saturated heterocycles. The first-order valence-electron chi connectivity index (χ1n) is 8.71. The summed E-state index contributed by atoms with van der Waals surface area (Å²) in [6.07, 6.45) is 1.30. The Balaban J connectivity index is 1.92. The molecule has 1 fully saturated rings. The average molecular weight is 381 g/mol. The van der Waals surface area contributed by atoms with Gasteiger partial charge in [-0.25, -0.2) is 8.42 Å². The fourth-order valence-electron chi connectivity index (χ4n) is 2.91. The Morgan fingerprint density at radius 1 is 1.04 bits per heavy atom. The van der Waals surface area contributed by atoms with E-state index in [1.165, 1.54) is 11.2 Å². The van der Waals surface area contributed by atoms with E-state index in [0.717, 1.165) is 17.4 Å². The van der Waals surface area contributed by atoms with E-state index in [1.807, 2.05) is 31.2 Å². The molecule has 7 nitrogen and oxygen atoms in total. The lowest BCUT2D eigenvalue weighted by Crippen LogP contribution is -2.50. The van der Waals surface area contributed by atoms with Crippen molar-refractivity contribution in [3.05, 3.63) is 35.4 Å². The van der Waals surface area contributed by atoms with Crippen LogP contribution in [-0.4, -0.2) is 73.3 Å². The fourth-order valence-corrected chi connectivity index (χ4v) is 3.71. The molecule has 1 heterocycles. The van der Waals surface area contributed by atoms with Crippen LogP contribution in [0, 0.1) is 6.92 Å². The second-order valence-corrected chi connectivity index (χ2v) is 8.70. The summed E-state index contributed by atoms with van der Waals surface area (Å²) in [5.41, 5.74) is 2.00. The van der Waals surface area contributed by atoms with Gasteiger partial charge in [0.25, 0.3) is 0 Å². The lowest BCUT2D eigenvalue weighted by molar-refractivity contribution is -0.138. The third-order valence-corrected chi connectivity index (χ3v) is 5.85. The van der Waals surface area contributed by atoms with E-state index in [1.54, 1.807) is 9.80 Å². The van der Waals surface area contributed by atoms with Gasteiger partial charge < -0.3 is 9.80 Å². The number of aryl methyl sites for hydroxylation is 1. The monoisotopic (exact) mass is 381 g/mol. The van der Waals surface area contributed by atoms with Crippen LogP contribution < -0.4 is 0 Å². The molecule has 0 saturated carbocycles. The Morgan fingerprint density at radius 3 is 2.08 bits per heavy atom. The van der Waals surface area contributed by atoms with E-state index in [2.05, 4.69) is 0 Å². The van der Waals surface area contributed by atoms with Crippen molar-refractivity contribution in [2.45, 2.75) is 26.8 Å². The van der Waals surface area contributed by atoms with Gasteiger partial charge in [0, 0.05) is 52.6 Å². The van der Waals surface area contributed by atoms with Gasteiger partial charge in [0.1, 0.15) is 0 Å². The Labute approximate surface area is 155 Å². The largest absolute Gasteiger partial charge is 0.339 e. The van der Waals surface area contributed by atoms with Crippen LogP contribution in [0.25, 0.3) is 0 Å². The highest BCUT2D eigenvalue weighted by Crippen LogP contribution is 2.12. The molecule has 0 atom stereocenters. The maximum atomic E-state index is 12.4. The summed E-state index contributed by atoms with van der Waals surface area (Å²) < 4.78 is 25.5. The highest BCUT2D eigenvalue weighted by atomic mass is 32.2. The van der Waals surface area contributed by atoms with Crippen molar-refractivity contribution < 1.29 is 18.0 Å². The molecule has 1 aromatic rings. The van der Waals surface area contributed by atoms with E-state index >= 15 is 0 Å². The predicted octanol–water partition coefficient (Wildman–Crippen LogP) is 0.837. The molecule has 8 heteroatoms. The van der Waals surface area contributed by atoms with Gasteiger partial charge in [-0.3, -0.25) is 9.59 Å². The maximum absolute atomic E-state index is 12.4. The van der Waals surface area contributed by atoms with Gasteiger partial charge in [-0.2, -0.15) is 4.31 Å². The van der Waals surface area contributed by atoms with Crippen molar-refractivity contribution >= 4 is 21.8 Å². The zero-order valence-corrected chi connectivity index (χ0v) is 16.5. The van der Waals surface area contributed by atoms with Crippen LogP contribution in [0.5, 0.6) is 0 Å². The zero-order valence-electron chi connectivity index (χ0n) is 15.6. The third kappa shape index (κ3) is 5.81. The summed E-state index contributed by atoms with van der Waals surface area (Å²) in [6.45, 7) is 5.95. The van der Waals surface area contributed by atoms with Crippen LogP contribution in [0.4, 0.5) is 0 Å². The smallest absolute Gasteiger partial charge is 0.224 e. The maximum Gasteiger partial charge on any atom is 0.224 e. The number of rotatable bonds is 6. The molecular formula is C18H27N3O4S. The number of nitrogens with zero attached hydrogens (tertiary/aromatic N) is 3. The van der Waals surface area contributed by atoms with Gasteiger partial charge in [0.05, 0.1) is 6.26 Å². The summed E-state index contributed by atoms with van der Waals surface area (Å²) in [6, 6.07) is 7.68. The minimum Gasteiger partial charge on any atom is -0.339 e. The number of piperazine rings is 1. The normalized spacial score (nSPS) is 15.4. The molecule has 0 radical (unpaired) electrons. The molecule has 2 rings (SSSR count). The van der Waals surface area contributed by atoms with Gasteiger partial charge in [-0.15, -0.1) is 0 Å². The van der Waals surface area contributed by atoms with Gasteiger partial charge in [0.2, 0.25) is 21.8 Å². The van der Waals surface area contributed by atoms with Gasteiger partial charge in [-0.05, 0) is 12.5 Å². The molecule has 0 N–H and O–H groups in total. The molecule has 0 aromatic heterocycles. The minimum absolute atomic E-state index is 0.0125. The highest BCUT2D eigenvalue weighted by Gasteiger charge is 2.24. The van der Waals surface area contributed by atoms with Crippen molar-refractivity contribution in [1.29, 1.82) is 0 Å². The lowest BCUT2D eigenvalue weighted by Gasteiger charge is -2.34. The number of carbonyl (C=O) groups excluding carboxylic acids is 2. The number of benzene rings is 1. The second-order valence-electron chi connectivity index (χ2n) is 6.72. The van der Waals surface area contributed by atoms with E-state index in [9.17, 15) is 18.0 Å². The van der Waals surface area contributed by atoms with Crippen molar-refractivity contribution in [1.82, 2.24) is 14.1 Å². The first kappa shape index (κ1) is 20.4. The van der Waals surface area contributed by atoms with Crippen molar-refractivity contribution in [3.63, 3.8) is 0 Å². The standard InChI is InChI=1S/C18H27N3O4S/c1-15-4-6-17(7-5-15)14-21(26(3,24)25)9-8-18(23)20-12-10-19(11-13-20)16(2)22/h4-7H,8-14H2,1-3H3. The fraction of sp³-hybridized carbons (Fsp3) is 0.556. The van der Waals surface area contributed by atoms with Crippen molar-refractivity contribution in [2.24, 2.45) is 0 Å². The lowest BCUT2D eigenvalue weighted by atomic mass is 10.1. The molecule has 2 amide bonds. The Hall–Kier alpha value is -1.93. The van der Waals surface area contributed by atoms with E-state index in [4.69, 9.17) is 0 Å². The number of amides is 2. The molecule has 26 heavy (non-hydrogen) atoms. The number of hydrogen-bond donors (Lipinski definition) is 0. The first-order chi connectivity index (χ1) is 12.2. The molecule has 0 spiro atoms. The average Bonchev–Trinajstić information content (AvgIpc) is 2.59. The van der Waals surface area contributed by atoms with Crippen LogP contribution in [0.2, 0.25) is 0 Å². The molecule has 144 valence electrons. The first-order valence-corrected chi connectivity index (χ1v) is 10.6.